The average molecular weight is 422 g/mol. The molecule has 0 aliphatic carbocycles. The van der Waals surface area contributed by atoms with Gasteiger partial charge in [0.15, 0.2) is 5.13 Å². The van der Waals surface area contributed by atoms with Crippen molar-refractivity contribution in [3.8, 4) is 11.3 Å². The first-order valence-electron chi connectivity index (χ1n) is 8.89. The van der Waals surface area contributed by atoms with Gasteiger partial charge in [-0.3, -0.25) is 29.4 Å². The van der Waals surface area contributed by atoms with E-state index in [9.17, 15) is 24.5 Å². The van der Waals surface area contributed by atoms with E-state index in [1.54, 1.807) is 41.8 Å². The minimum Gasteiger partial charge on any atom is -0.302 e. The molecule has 4 rings (SSSR count). The third kappa shape index (κ3) is 3.67. The van der Waals surface area contributed by atoms with Gasteiger partial charge in [0.1, 0.15) is 0 Å². The summed E-state index contributed by atoms with van der Waals surface area (Å²) in [4.78, 5) is 52.7. The molecular formula is C20H14N4O5S. The molecule has 0 saturated heterocycles. The van der Waals surface area contributed by atoms with Gasteiger partial charge in [0.2, 0.25) is 5.91 Å². The fourth-order valence-corrected chi connectivity index (χ4v) is 3.82. The summed E-state index contributed by atoms with van der Waals surface area (Å²) >= 11 is 1.18. The first kappa shape index (κ1) is 19.4. The molecule has 0 radical (unpaired) electrons. The molecule has 0 unspecified atom stereocenters. The SMILES string of the molecule is O=C(CCN1C(=O)c2ccccc2C1=O)Nc1nc(-c2cccc([N+](=O)[O-])c2)cs1. The van der Waals surface area contributed by atoms with Gasteiger partial charge in [0, 0.05) is 36.0 Å². The maximum absolute atomic E-state index is 12.3. The van der Waals surface area contributed by atoms with Crippen LogP contribution in [0.1, 0.15) is 27.1 Å². The molecule has 0 saturated carbocycles. The number of non-ortho nitro benzene ring substituents is 1. The lowest BCUT2D eigenvalue weighted by molar-refractivity contribution is -0.384. The second kappa shape index (κ2) is 7.84. The second-order valence-corrected chi connectivity index (χ2v) is 7.31. The predicted octanol–water partition coefficient (Wildman–Crippen LogP) is 3.34. The number of aromatic nitrogens is 1. The lowest BCUT2D eigenvalue weighted by Crippen LogP contribution is -2.32. The highest BCUT2D eigenvalue weighted by Gasteiger charge is 2.34. The summed E-state index contributed by atoms with van der Waals surface area (Å²) < 4.78 is 0. The molecule has 1 aromatic heterocycles. The van der Waals surface area contributed by atoms with Crippen molar-refractivity contribution in [1.29, 1.82) is 0 Å². The van der Waals surface area contributed by atoms with Gasteiger partial charge in [0.05, 0.1) is 21.7 Å². The number of carbonyl (C=O) groups is 3. The Labute approximate surface area is 174 Å². The average Bonchev–Trinajstić information content (AvgIpc) is 3.30. The Balaban J connectivity index is 1.38. The summed E-state index contributed by atoms with van der Waals surface area (Å²) in [6.07, 6.45) is -0.0722. The summed E-state index contributed by atoms with van der Waals surface area (Å²) in [5.74, 6) is -1.22. The van der Waals surface area contributed by atoms with Crippen LogP contribution in [0, 0.1) is 10.1 Å². The van der Waals surface area contributed by atoms with Crippen LogP contribution < -0.4 is 5.32 Å². The lowest BCUT2D eigenvalue weighted by atomic mass is 10.1. The Hall–Kier alpha value is -3.92. The number of nitro groups is 1. The molecule has 0 atom stereocenters. The number of hydrogen-bond acceptors (Lipinski definition) is 7. The van der Waals surface area contributed by atoms with Crippen LogP contribution in [0.25, 0.3) is 11.3 Å². The largest absolute Gasteiger partial charge is 0.302 e. The third-order valence-electron chi connectivity index (χ3n) is 4.54. The summed E-state index contributed by atoms with van der Waals surface area (Å²) in [6.45, 7) is -0.0404. The zero-order chi connectivity index (χ0) is 21.3. The number of rotatable bonds is 6. The number of benzene rings is 2. The van der Waals surface area contributed by atoms with Crippen LogP contribution in [0.5, 0.6) is 0 Å². The van der Waals surface area contributed by atoms with E-state index in [4.69, 9.17) is 0 Å². The Morgan fingerprint density at radius 3 is 2.47 bits per heavy atom. The van der Waals surface area contributed by atoms with Crippen molar-refractivity contribution in [3.05, 3.63) is 75.2 Å². The maximum atomic E-state index is 12.3. The molecule has 2 heterocycles. The fourth-order valence-electron chi connectivity index (χ4n) is 3.08. The number of anilines is 1. The first-order valence-corrected chi connectivity index (χ1v) is 9.77. The van der Waals surface area contributed by atoms with Gasteiger partial charge in [-0.25, -0.2) is 4.98 Å². The van der Waals surface area contributed by atoms with Crippen molar-refractivity contribution in [2.24, 2.45) is 0 Å². The Kier molecular flexibility index (Phi) is 5.07. The van der Waals surface area contributed by atoms with Crippen LogP contribution >= 0.6 is 11.3 Å². The molecule has 2 aromatic carbocycles. The third-order valence-corrected chi connectivity index (χ3v) is 5.30. The molecule has 150 valence electrons. The number of amides is 3. The molecule has 0 fully saturated rings. The summed E-state index contributed by atoms with van der Waals surface area (Å²) in [5, 5.41) is 15.5. The number of nitrogens with zero attached hydrogens (tertiary/aromatic N) is 3. The van der Waals surface area contributed by atoms with Crippen LogP contribution in [0.2, 0.25) is 0 Å². The number of nitrogens with one attached hydrogen (secondary N) is 1. The summed E-state index contributed by atoms with van der Waals surface area (Å²) in [7, 11) is 0. The van der Waals surface area contributed by atoms with Crippen LogP contribution in [-0.2, 0) is 4.79 Å². The highest BCUT2D eigenvalue weighted by molar-refractivity contribution is 7.14. The van der Waals surface area contributed by atoms with Crippen LogP contribution in [0.15, 0.2) is 53.9 Å². The quantitative estimate of drug-likeness (QED) is 0.369. The van der Waals surface area contributed by atoms with E-state index in [-0.39, 0.29) is 18.7 Å². The normalized spacial score (nSPS) is 12.7. The highest BCUT2D eigenvalue weighted by Crippen LogP contribution is 2.28. The van der Waals surface area contributed by atoms with Gasteiger partial charge in [0.25, 0.3) is 17.5 Å². The minimum absolute atomic E-state index is 0.0404. The molecule has 1 aliphatic heterocycles. The molecule has 10 heteroatoms. The van der Waals surface area contributed by atoms with E-state index < -0.39 is 22.6 Å². The Morgan fingerprint density at radius 2 is 1.80 bits per heavy atom. The van der Waals surface area contributed by atoms with E-state index in [0.717, 1.165) is 4.90 Å². The van der Waals surface area contributed by atoms with Gasteiger partial charge < -0.3 is 5.32 Å². The van der Waals surface area contributed by atoms with Gasteiger partial charge >= 0.3 is 0 Å². The van der Waals surface area contributed by atoms with Crippen molar-refractivity contribution < 1.29 is 19.3 Å². The molecule has 0 bridgehead atoms. The standard InChI is InChI=1S/C20H14N4O5S/c25-17(8-9-23-18(26)14-6-1-2-7-15(14)19(23)27)22-20-21-16(11-30-20)12-4-3-5-13(10-12)24(28)29/h1-7,10-11H,8-9H2,(H,21,22,25). The number of hydrogen-bond donors (Lipinski definition) is 1. The minimum atomic E-state index is -0.488. The van der Waals surface area contributed by atoms with Crippen LogP contribution in [0.4, 0.5) is 10.8 Å². The van der Waals surface area contributed by atoms with Crippen molar-refractivity contribution in [2.75, 3.05) is 11.9 Å². The monoisotopic (exact) mass is 422 g/mol. The Morgan fingerprint density at radius 1 is 1.10 bits per heavy atom. The fraction of sp³-hybridized carbons (Fsp3) is 0.100. The second-order valence-electron chi connectivity index (χ2n) is 6.45. The number of imide groups is 1. The van der Waals surface area contributed by atoms with E-state index >= 15 is 0 Å². The molecular weight excluding hydrogens is 408 g/mol. The van der Waals surface area contributed by atoms with Crippen molar-refractivity contribution >= 4 is 39.9 Å². The van der Waals surface area contributed by atoms with Gasteiger partial charge in [-0.1, -0.05) is 24.3 Å². The first-order chi connectivity index (χ1) is 14.4. The number of nitro benzene ring substituents is 1. The summed E-state index contributed by atoms with van der Waals surface area (Å²) in [5.41, 5.74) is 1.69. The Bertz CT molecular complexity index is 1150. The molecule has 1 N–H and O–H groups in total. The van der Waals surface area contributed by atoms with Crippen LogP contribution in [-0.4, -0.2) is 39.1 Å². The van der Waals surface area contributed by atoms with Crippen LogP contribution in [0.3, 0.4) is 0 Å². The number of carbonyl (C=O) groups excluding carboxylic acids is 3. The molecule has 9 nitrogen and oxygen atoms in total. The van der Waals surface area contributed by atoms with E-state index in [0.29, 0.717) is 27.5 Å². The highest BCUT2D eigenvalue weighted by atomic mass is 32.1. The van der Waals surface area contributed by atoms with Crippen molar-refractivity contribution in [1.82, 2.24) is 9.88 Å². The van der Waals surface area contributed by atoms with Crippen molar-refractivity contribution in [2.45, 2.75) is 6.42 Å². The molecule has 3 aromatic rings. The smallest absolute Gasteiger partial charge is 0.270 e. The lowest BCUT2D eigenvalue weighted by Gasteiger charge is -2.12. The predicted molar refractivity (Wildman–Crippen MR) is 109 cm³/mol. The van der Waals surface area contributed by atoms with Gasteiger partial charge in [-0.15, -0.1) is 11.3 Å². The molecule has 30 heavy (non-hydrogen) atoms. The zero-order valence-corrected chi connectivity index (χ0v) is 16.2. The van der Waals surface area contributed by atoms with E-state index in [1.807, 2.05) is 0 Å². The number of fused-ring (bicyclic) bond motifs is 1. The molecule has 0 spiro atoms. The van der Waals surface area contributed by atoms with Gasteiger partial charge in [-0.2, -0.15) is 0 Å². The topological polar surface area (TPSA) is 123 Å². The van der Waals surface area contributed by atoms with E-state index in [2.05, 4.69) is 10.3 Å². The molecule has 3 amide bonds. The molecule has 1 aliphatic rings. The van der Waals surface area contributed by atoms with Crippen molar-refractivity contribution in [3.63, 3.8) is 0 Å². The summed E-state index contributed by atoms with van der Waals surface area (Å²) in [6, 6.07) is 12.6. The van der Waals surface area contributed by atoms with E-state index in [1.165, 1.54) is 23.5 Å². The zero-order valence-electron chi connectivity index (χ0n) is 15.4. The maximum Gasteiger partial charge on any atom is 0.270 e. The number of thiazole rings is 1. The van der Waals surface area contributed by atoms with Gasteiger partial charge in [-0.05, 0) is 12.1 Å².